The molecule has 1 N–H and O–H groups in total. The Labute approximate surface area is 113 Å². The van der Waals surface area contributed by atoms with Gasteiger partial charge in [-0.25, -0.2) is 0 Å². The highest BCUT2D eigenvalue weighted by Gasteiger charge is 2.44. The third-order valence-electron chi connectivity index (χ3n) is 4.18. The fourth-order valence-corrected chi connectivity index (χ4v) is 3.01. The number of carboxylic acid groups (broad SMARTS) is 1. The van der Waals surface area contributed by atoms with Gasteiger partial charge in [-0.1, -0.05) is 18.5 Å². The van der Waals surface area contributed by atoms with Crippen LogP contribution in [0.1, 0.15) is 43.2 Å². The minimum absolute atomic E-state index is 0.562. The van der Waals surface area contributed by atoms with E-state index in [-0.39, 0.29) is 0 Å². The Hall–Kier alpha value is -1.36. The van der Waals surface area contributed by atoms with E-state index in [4.69, 9.17) is 4.52 Å². The molecule has 0 spiro atoms. The van der Waals surface area contributed by atoms with Gasteiger partial charge in [0.25, 0.3) is 0 Å². The van der Waals surface area contributed by atoms with Crippen LogP contribution >= 0.6 is 0 Å². The van der Waals surface area contributed by atoms with Crippen LogP contribution in [0.3, 0.4) is 0 Å². The summed E-state index contributed by atoms with van der Waals surface area (Å²) < 4.78 is 5.16. The molecular weight excluding hydrogens is 244 g/mol. The first-order chi connectivity index (χ1) is 8.98. The van der Waals surface area contributed by atoms with E-state index >= 15 is 0 Å². The summed E-state index contributed by atoms with van der Waals surface area (Å²) in [5.74, 6) is 0.177. The van der Waals surface area contributed by atoms with E-state index in [0.717, 1.165) is 49.4 Å². The molecule has 0 saturated carbocycles. The SMILES string of the molecule is CCCC1(C(=O)O)CCN(Cc2c(C)noc2C)C1. The number of hydrogen-bond acceptors (Lipinski definition) is 4. The molecule has 1 fully saturated rings. The maximum absolute atomic E-state index is 11.5. The molecule has 0 amide bonds. The Morgan fingerprint density at radius 1 is 1.53 bits per heavy atom. The lowest BCUT2D eigenvalue weighted by atomic mass is 9.83. The van der Waals surface area contributed by atoms with Crippen LogP contribution < -0.4 is 0 Å². The maximum Gasteiger partial charge on any atom is 0.310 e. The smallest absolute Gasteiger partial charge is 0.310 e. The summed E-state index contributed by atoms with van der Waals surface area (Å²) in [5.41, 5.74) is 1.44. The number of carboxylic acids is 1. The number of rotatable bonds is 5. The van der Waals surface area contributed by atoms with Gasteiger partial charge < -0.3 is 9.63 Å². The molecule has 5 heteroatoms. The van der Waals surface area contributed by atoms with Crippen LogP contribution in [0, 0.1) is 19.3 Å². The van der Waals surface area contributed by atoms with E-state index in [2.05, 4.69) is 10.1 Å². The number of carbonyl (C=O) groups is 1. The number of nitrogens with zero attached hydrogens (tertiary/aromatic N) is 2. The second-order valence-corrected chi connectivity index (χ2v) is 5.60. The van der Waals surface area contributed by atoms with E-state index in [1.807, 2.05) is 20.8 Å². The Morgan fingerprint density at radius 3 is 2.79 bits per heavy atom. The lowest BCUT2D eigenvalue weighted by Gasteiger charge is -2.24. The van der Waals surface area contributed by atoms with Gasteiger partial charge in [0, 0.05) is 18.7 Å². The molecule has 1 aromatic rings. The largest absolute Gasteiger partial charge is 0.481 e. The molecule has 0 aromatic carbocycles. The topological polar surface area (TPSA) is 66.6 Å². The normalized spacial score (nSPS) is 23.9. The quantitative estimate of drug-likeness (QED) is 0.886. The molecule has 1 aromatic heterocycles. The van der Waals surface area contributed by atoms with Crippen molar-refractivity contribution in [2.75, 3.05) is 13.1 Å². The van der Waals surface area contributed by atoms with Crippen LogP contribution in [-0.4, -0.2) is 34.2 Å². The zero-order valence-electron chi connectivity index (χ0n) is 11.9. The molecule has 1 aliphatic rings. The van der Waals surface area contributed by atoms with Crippen LogP contribution in [0.4, 0.5) is 0 Å². The van der Waals surface area contributed by atoms with Crippen molar-refractivity contribution < 1.29 is 14.4 Å². The van der Waals surface area contributed by atoms with E-state index in [1.165, 1.54) is 0 Å². The summed E-state index contributed by atoms with van der Waals surface area (Å²) in [6.45, 7) is 8.07. The number of aromatic nitrogens is 1. The second-order valence-electron chi connectivity index (χ2n) is 5.60. The average Bonchev–Trinajstić information content (AvgIpc) is 2.90. The third-order valence-corrected chi connectivity index (χ3v) is 4.18. The van der Waals surface area contributed by atoms with Crippen molar-refractivity contribution >= 4 is 5.97 Å². The Kier molecular flexibility index (Phi) is 3.94. The van der Waals surface area contributed by atoms with E-state index in [1.54, 1.807) is 0 Å². The zero-order chi connectivity index (χ0) is 14.0. The predicted molar refractivity (Wildman–Crippen MR) is 70.8 cm³/mol. The molecule has 5 nitrogen and oxygen atoms in total. The molecule has 1 atom stereocenters. The fraction of sp³-hybridized carbons (Fsp3) is 0.714. The van der Waals surface area contributed by atoms with Crippen molar-refractivity contribution in [3.05, 3.63) is 17.0 Å². The van der Waals surface area contributed by atoms with E-state index in [9.17, 15) is 9.90 Å². The second kappa shape index (κ2) is 5.33. The minimum Gasteiger partial charge on any atom is -0.481 e. The van der Waals surface area contributed by atoms with Gasteiger partial charge in [0.1, 0.15) is 5.76 Å². The standard InChI is InChI=1S/C14H22N2O3/c1-4-5-14(13(17)18)6-7-16(9-14)8-12-10(2)15-19-11(12)3/h4-9H2,1-3H3,(H,17,18). The van der Waals surface area contributed by atoms with Crippen LogP contribution in [0.25, 0.3) is 0 Å². The molecule has 1 aliphatic heterocycles. The van der Waals surface area contributed by atoms with Crippen LogP contribution in [0.15, 0.2) is 4.52 Å². The summed E-state index contributed by atoms with van der Waals surface area (Å²) in [7, 11) is 0. The molecule has 106 valence electrons. The molecular formula is C14H22N2O3. The van der Waals surface area contributed by atoms with Gasteiger partial charge in [-0.15, -0.1) is 0 Å². The molecule has 0 radical (unpaired) electrons. The molecule has 0 aliphatic carbocycles. The van der Waals surface area contributed by atoms with Gasteiger partial charge in [-0.3, -0.25) is 9.69 Å². The van der Waals surface area contributed by atoms with Crippen LogP contribution in [0.2, 0.25) is 0 Å². The van der Waals surface area contributed by atoms with Crippen molar-refractivity contribution in [1.29, 1.82) is 0 Å². The van der Waals surface area contributed by atoms with E-state index < -0.39 is 11.4 Å². The van der Waals surface area contributed by atoms with Gasteiger partial charge in [0.05, 0.1) is 11.1 Å². The molecule has 1 unspecified atom stereocenters. The van der Waals surface area contributed by atoms with Gasteiger partial charge in [-0.2, -0.15) is 0 Å². The number of aliphatic carboxylic acids is 1. The Bertz CT molecular complexity index is 450. The maximum atomic E-state index is 11.5. The third kappa shape index (κ3) is 2.66. The predicted octanol–water partition coefficient (Wildman–Crippen LogP) is 2.37. The average molecular weight is 266 g/mol. The minimum atomic E-state index is -0.657. The van der Waals surface area contributed by atoms with Crippen molar-refractivity contribution in [3.63, 3.8) is 0 Å². The van der Waals surface area contributed by atoms with Crippen molar-refractivity contribution in [2.45, 2.75) is 46.6 Å². The Morgan fingerprint density at radius 2 is 2.26 bits per heavy atom. The van der Waals surface area contributed by atoms with E-state index in [0.29, 0.717) is 6.54 Å². The molecule has 2 heterocycles. The first kappa shape index (κ1) is 14.1. The van der Waals surface area contributed by atoms with Gasteiger partial charge in [0.15, 0.2) is 0 Å². The highest BCUT2D eigenvalue weighted by molar-refractivity contribution is 5.75. The summed E-state index contributed by atoms with van der Waals surface area (Å²) in [6.07, 6.45) is 2.39. The number of likely N-dealkylation sites (tertiary alicyclic amines) is 1. The fourth-order valence-electron chi connectivity index (χ4n) is 3.01. The van der Waals surface area contributed by atoms with Gasteiger partial charge in [-0.05, 0) is 33.2 Å². The highest BCUT2D eigenvalue weighted by atomic mass is 16.5. The van der Waals surface area contributed by atoms with Gasteiger partial charge >= 0.3 is 5.97 Å². The monoisotopic (exact) mass is 266 g/mol. The van der Waals surface area contributed by atoms with Crippen molar-refractivity contribution in [3.8, 4) is 0 Å². The highest BCUT2D eigenvalue weighted by Crippen LogP contribution is 2.36. The van der Waals surface area contributed by atoms with Crippen molar-refractivity contribution in [1.82, 2.24) is 10.1 Å². The number of aryl methyl sites for hydroxylation is 2. The summed E-state index contributed by atoms with van der Waals surface area (Å²) in [6, 6.07) is 0. The summed E-state index contributed by atoms with van der Waals surface area (Å²) in [4.78, 5) is 13.7. The summed E-state index contributed by atoms with van der Waals surface area (Å²) >= 11 is 0. The van der Waals surface area contributed by atoms with Crippen molar-refractivity contribution in [2.24, 2.45) is 5.41 Å². The molecule has 2 rings (SSSR count). The lowest BCUT2D eigenvalue weighted by Crippen LogP contribution is -2.34. The molecule has 0 bridgehead atoms. The molecule has 19 heavy (non-hydrogen) atoms. The number of hydrogen-bond donors (Lipinski definition) is 1. The van der Waals surface area contributed by atoms with Gasteiger partial charge in [0.2, 0.25) is 0 Å². The van der Waals surface area contributed by atoms with Crippen LogP contribution in [0.5, 0.6) is 0 Å². The Balaban J connectivity index is 2.08. The summed E-state index contributed by atoms with van der Waals surface area (Å²) in [5, 5.41) is 13.4. The lowest BCUT2D eigenvalue weighted by molar-refractivity contribution is -0.148. The zero-order valence-corrected chi connectivity index (χ0v) is 11.9. The van der Waals surface area contributed by atoms with Crippen LogP contribution in [-0.2, 0) is 11.3 Å². The first-order valence-electron chi connectivity index (χ1n) is 6.86. The molecule has 1 saturated heterocycles. The first-order valence-corrected chi connectivity index (χ1v) is 6.86.